The average molecular weight is 307 g/mol. The highest BCUT2D eigenvalue weighted by Crippen LogP contribution is 2.50. The normalized spacial score (nSPS) is 22.4. The van der Waals surface area contributed by atoms with E-state index in [9.17, 15) is 4.79 Å². The number of hydrogen-bond donors (Lipinski definition) is 2. The molecule has 1 atom stereocenters. The lowest BCUT2D eigenvalue weighted by Crippen LogP contribution is -2.33. The topological polar surface area (TPSA) is 57.8 Å². The molecular weight excluding hydrogens is 286 g/mol. The Hall–Kier alpha value is -2.36. The third-order valence-corrected chi connectivity index (χ3v) is 4.87. The molecule has 4 heteroatoms. The van der Waals surface area contributed by atoms with Gasteiger partial charge in [0.25, 0.3) is 0 Å². The fourth-order valence-corrected chi connectivity index (χ4v) is 3.90. The lowest BCUT2D eigenvalue weighted by Gasteiger charge is -2.38. The number of hydrogen-bond acceptors (Lipinski definition) is 3. The van der Waals surface area contributed by atoms with Gasteiger partial charge in [-0.2, -0.15) is 5.10 Å². The molecule has 0 unspecified atom stereocenters. The number of ketones is 1. The first-order chi connectivity index (χ1) is 11.0. The van der Waals surface area contributed by atoms with Crippen LogP contribution in [0.2, 0.25) is 0 Å². The van der Waals surface area contributed by atoms with Crippen LogP contribution < -0.4 is 5.32 Å². The zero-order valence-electron chi connectivity index (χ0n) is 13.7. The maximum absolute atomic E-state index is 12.9. The van der Waals surface area contributed by atoms with Crippen molar-refractivity contribution in [3.8, 4) is 0 Å². The van der Waals surface area contributed by atoms with Crippen LogP contribution in [0.1, 0.15) is 49.6 Å². The Labute approximate surface area is 136 Å². The molecule has 0 spiro atoms. The number of aryl methyl sites for hydroxylation is 1. The number of anilines is 1. The van der Waals surface area contributed by atoms with Crippen LogP contribution in [-0.4, -0.2) is 16.0 Å². The second kappa shape index (κ2) is 4.82. The van der Waals surface area contributed by atoms with Crippen LogP contribution in [-0.2, 0) is 4.79 Å². The molecule has 2 aliphatic rings. The third kappa shape index (κ3) is 2.21. The number of nitrogens with one attached hydrogen (secondary N) is 2. The van der Waals surface area contributed by atoms with Crippen molar-refractivity contribution in [2.45, 2.75) is 39.7 Å². The van der Waals surface area contributed by atoms with Gasteiger partial charge in [-0.05, 0) is 29.9 Å². The Morgan fingerprint density at radius 2 is 1.91 bits per heavy atom. The molecule has 0 saturated heterocycles. The summed E-state index contributed by atoms with van der Waals surface area (Å²) in [6, 6.07) is 10.1. The van der Waals surface area contributed by atoms with Gasteiger partial charge in [-0.25, -0.2) is 0 Å². The second-order valence-corrected chi connectivity index (χ2v) is 7.39. The predicted molar refractivity (Wildman–Crippen MR) is 91.1 cm³/mol. The summed E-state index contributed by atoms with van der Waals surface area (Å²) < 4.78 is 0. The van der Waals surface area contributed by atoms with Crippen LogP contribution in [0.3, 0.4) is 0 Å². The van der Waals surface area contributed by atoms with Gasteiger partial charge in [-0.15, -0.1) is 0 Å². The Morgan fingerprint density at radius 1 is 1.17 bits per heavy atom. The summed E-state index contributed by atoms with van der Waals surface area (Å²) in [6.45, 7) is 6.36. The maximum atomic E-state index is 12.9. The number of rotatable bonds is 1. The van der Waals surface area contributed by atoms with Crippen LogP contribution in [0.25, 0.3) is 5.57 Å². The molecule has 0 fully saturated rings. The summed E-state index contributed by atoms with van der Waals surface area (Å²) in [4.78, 5) is 12.9. The molecule has 1 aromatic carbocycles. The van der Waals surface area contributed by atoms with Crippen LogP contribution in [0.4, 0.5) is 5.82 Å². The molecule has 0 radical (unpaired) electrons. The van der Waals surface area contributed by atoms with Crippen LogP contribution in [0, 0.1) is 12.3 Å². The molecule has 1 aliphatic carbocycles. The zero-order valence-corrected chi connectivity index (χ0v) is 13.7. The lowest BCUT2D eigenvalue weighted by molar-refractivity contribution is -0.118. The van der Waals surface area contributed by atoms with E-state index in [2.05, 4.69) is 41.5 Å². The van der Waals surface area contributed by atoms with Gasteiger partial charge in [0.05, 0.1) is 6.04 Å². The number of allylic oxidation sites excluding steroid dienone is 1. The standard InChI is InChI=1S/C19H21N3O/c1-11-15-13-9-19(2,3)10-14(23)16(13)17(20-18(15)22-21-11)12-7-5-4-6-8-12/h4-8,17H,9-10H2,1-3H3,(H2,20,21,22)/t17-/m1/s1. The van der Waals surface area contributed by atoms with Crippen molar-refractivity contribution in [1.82, 2.24) is 10.2 Å². The highest BCUT2D eigenvalue weighted by molar-refractivity contribution is 6.08. The van der Waals surface area contributed by atoms with Crippen molar-refractivity contribution < 1.29 is 4.79 Å². The minimum absolute atomic E-state index is 0.00449. The first-order valence-electron chi connectivity index (χ1n) is 8.09. The van der Waals surface area contributed by atoms with Gasteiger partial charge in [-0.1, -0.05) is 44.2 Å². The quantitative estimate of drug-likeness (QED) is 0.836. The fourth-order valence-electron chi connectivity index (χ4n) is 3.90. The van der Waals surface area contributed by atoms with Crippen LogP contribution in [0.5, 0.6) is 0 Å². The van der Waals surface area contributed by atoms with Crippen molar-refractivity contribution in [2.75, 3.05) is 5.32 Å². The van der Waals surface area contributed by atoms with Crippen molar-refractivity contribution in [3.05, 3.63) is 52.7 Å². The molecule has 0 bridgehead atoms. The Morgan fingerprint density at radius 3 is 2.65 bits per heavy atom. The van der Waals surface area contributed by atoms with E-state index in [4.69, 9.17) is 0 Å². The maximum Gasteiger partial charge on any atom is 0.162 e. The Balaban J connectivity index is 1.94. The van der Waals surface area contributed by atoms with Crippen molar-refractivity contribution in [3.63, 3.8) is 0 Å². The van der Waals surface area contributed by atoms with Gasteiger partial charge in [0, 0.05) is 23.3 Å². The molecule has 2 heterocycles. The summed E-state index contributed by atoms with van der Waals surface area (Å²) in [6.07, 6.45) is 1.51. The smallest absolute Gasteiger partial charge is 0.162 e. The largest absolute Gasteiger partial charge is 0.357 e. The minimum Gasteiger partial charge on any atom is -0.357 e. The first kappa shape index (κ1) is 14.2. The Kier molecular flexibility index (Phi) is 2.98. The molecule has 2 aromatic rings. The lowest BCUT2D eigenvalue weighted by atomic mass is 9.68. The molecule has 118 valence electrons. The summed E-state index contributed by atoms with van der Waals surface area (Å²) in [7, 11) is 0. The van der Waals surface area contributed by atoms with E-state index in [0.717, 1.165) is 34.6 Å². The number of H-pyrrole nitrogens is 1. The van der Waals surface area contributed by atoms with E-state index in [1.165, 1.54) is 5.57 Å². The van der Waals surface area contributed by atoms with E-state index in [1.54, 1.807) is 0 Å². The van der Waals surface area contributed by atoms with Gasteiger partial charge >= 0.3 is 0 Å². The Bertz CT molecular complexity index is 814. The number of carbonyl (C=O) groups excluding carboxylic acids is 1. The van der Waals surface area contributed by atoms with Gasteiger partial charge in [-0.3, -0.25) is 9.89 Å². The summed E-state index contributed by atoms with van der Waals surface area (Å²) in [5, 5.41) is 11.0. The van der Waals surface area contributed by atoms with E-state index in [1.807, 2.05) is 25.1 Å². The van der Waals surface area contributed by atoms with Gasteiger partial charge in [0.15, 0.2) is 11.6 Å². The van der Waals surface area contributed by atoms with Gasteiger partial charge < -0.3 is 5.32 Å². The number of aromatic amines is 1. The second-order valence-electron chi connectivity index (χ2n) is 7.39. The summed E-state index contributed by atoms with van der Waals surface area (Å²) >= 11 is 0. The molecule has 2 N–H and O–H groups in total. The van der Waals surface area contributed by atoms with E-state index >= 15 is 0 Å². The number of benzene rings is 1. The molecule has 4 nitrogen and oxygen atoms in total. The number of nitrogens with zero attached hydrogens (tertiary/aromatic N) is 1. The molecule has 1 aliphatic heterocycles. The number of carbonyl (C=O) groups is 1. The van der Waals surface area contributed by atoms with Crippen LogP contribution >= 0.6 is 0 Å². The highest BCUT2D eigenvalue weighted by Gasteiger charge is 2.41. The SMILES string of the molecule is Cc1[nH]nc2c1C1=C(C(=O)CC(C)(C)C1)[C@@H](c1ccccc1)N2. The molecular formula is C19H21N3O. The minimum atomic E-state index is -0.106. The summed E-state index contributed by atoms with van der Waals surface area (Å²) in [5.41, 5.74) is 5.31. The zero-order chi connectivity index (χ0) is 16.2. The predicted octanol–water partition coefficient (Wildman–Crippen LogP) is 4.03. The van der Waals surface area contributed by atoms with E-state index < -0.39 is 0 Å². The van der Waals surface area contributed by atoms with E-state index in [-0.39, 0.29) is 17.2 Å². The molecule has 1 aromatic heterocycles. The van der Waals surface area contributed by atoms with Crippen molar-refractivity contribution in [2.24, 2.45) is 5.41 Å². The first-order valence-corrected chi connectivity index (χ1v) is 8.09. The third-order valence-electron chi connectivity index (χ3n) is 4.87. The molecule has 0 saturated carbocycles. The monoisotopic (exact) mass is 307 g/mol. The number of Topliss-reactive ketones (excluding diaryl/α,β-unsaturated/α-hetero) is 1. The molecule has 4 rings (SSSR count). The van der Waals surface area contributed by atoms with Crippen molar-refractivity contribution >= 4 is 17.2 Å². The van der Waals surface area contributed by atoms with Crippen molar-refractivity contribution in [1.29, 1.82) is 0 Å². The van der Waals surface area contributed by atoms with Crippen LogP contribution in [0.15, 0.2) is 35.9 Å². The number of fused-ring (bicyclic) bond motifs is 2. The fraction of sp³-hybridized carbons (Fsp3) is 0.368. The molecule has 23 heavy (non-hydrogen) atoms. The molecule has 0 amide bonds. The summed E-state index contributed by atoms with van der Waals surface area (Å²) in [5.74, 6) is 1.12. The van der Waals surface area contributed by atoms with Gasteiger partial charge in [0.2, 0.25) is 0 Å². The van der Waals surface area contributed by atoms with Gasteiger partial charge in [0.1, 0.15) is 0 Å². The average Bonchev–Trinajstić information content (AvgIpc) is 2.87. The van der Waals surface area contributed by atoms with E-state index in [0.29, 0.717) is 6.42 Å². The number of aromatic nitrogens is 2. The highest BCUT2D eigenvalue weighted by atomic mass is 16.1.